The van der Waals surface area contributed by atoms with E-state index in [0.717, 1.165) is 10.0 Å². The van der Waals surface area contributed by atoms with Crippen LogP contribution in [0.5, 0.6) is 0 Å². The average molecular weight is 302 g/mol. The van der Waals surface area contributed by atoms with E-state index in [-0.39, 0.29) is 5.38 Å². The van der Waals surface area contributed by atoms with E-state index in [1.54, 1.807) is 11.3 Å². The van der Waals surface area contributed by atoms with E-state index in [9.17, 15) is 0 Å². The van der Waals surface area contributed by atoms with Crippen molar-refractivity contribution in [3.05, 3.63) is 56.2 Å². The molecule has 3 heteroatoms. The monoisotopic (exact) mass is 300 g/mol. The van der Waals surface area contributed by atoms with Crippen LogP contribution in [0.3, 0.4) is 0 Å². The van der Waals surface area contributed by atoms with Crippen molar-refractivity contribution in [2.24, 2.45) is 0 Å². The molecule has 2 aromatic rings. The number of hydrogen-bond donors (Lipinski definition) is 0. The van der Waals surface area contributed by atoms with E-state index in [1.165, 1.54) is 9.75 Å². The molecule has 0 fully saturated rings. The fourth-order valence-electron chi connectivity index (χ4n) is 1.42. The van der Waals surface area contributed by atoms with Gasteiger partial charge in [0.1, 0.15) is 0 Å². The highest BCUT2D eigenvalue weighted by molar-refractivity contribution is 9.10. The molecular formula is C12H10BrClS. The van der Waals surface area contributed by atoms with Crippen LogP contribution in [0, 0.1) is 6.92 Å². The van der Waals surface area contributed by atoms with Crippen LogP contribution in [0.15, 0.2) is 40.9 Å². The average Bonchev–Trinajstić information content (AvgIpc) is 2.65. The summed E-state index contributed by atoms with van der Waals surface area (Å²) < 4.78 is 1.07. The third kappa shape index (κ3) is 2.44. The first-order valence-corrected chi connectivity index (χ1v) is 6.68. The van der Waals surface area contributed by atoms with Crippen LogP contribution < -0.4 is 0 Å². The van der Waals surface area contributed by atoms with Crippen molar-refractivity contribution in [2.45, 2.75) is 12.3 Å². The summed E-state index contributed by atoms with van der Waals surface area (Å²) in [6.07, 6.45) is 0. The molecule has 78 valence electrons. The quantitative estimate of drug-likeness (QED) is 0.673. The van der Waals surface area contributed by atoms with Crippen molar-refractivity contribution in [3.63, 3.8) is 0 Å². The number of halogens is 2. The Morgan fingerprint density at radius 3 is 2.53 bits per heavy atom. The molecule has 2 rings (SSSR count). The fourth-order valence-corrected chi connectivity index (χ4v) is 3.34. The number of alkyl halides is 1. The first-order chi connectivity index (χ1) is 7.18. The Labute approximate surface area is 107 Å². The Morgan fingerprint density at radius 2 is 1.93 bits per heavy atom. The Morgan fingerprint density at radius 1 is 1.20 bits per heavy atom. The molecule has 0 spiro atoms. The molecule has 0 radical (unpaired) electrons. The van der Waals surface area contributed by atoms with Crippen LogP contribution in [-0.4, -0.2) is 0 Å². The van der Waals surface area contributed by atoms with Crippen LogP contribution in [0.1, 0.15) is 20.7 Å². The van der Waals surface area contributed by atoms with Crippen LogP contribution in [-0.2, 0) is 0 Å². The predicted octanol–water partition coefficient (Wildman–Crippen LogP) is 5.15. The van der Waals surface area contributed by atoms with Gasteiger partial charge < -0.3 is 0 Å². The molecule has 0 nitrogen and oxygen atoms in total. The highest BCUT2D eigenvalue weighted by Crippen LogP contribution is 2.36. The van der Waals surface area contributed by atoms with Crippen LogP contribution in [0.4, 0.5) is 0 Å². The van der Waals surface area contributed by atoms with Crippen LogP contribution >= 0.6 is 38.9 Å². The van der Waals surface area contributed by atoms with E-state index >= 15 is 0 Å². The molecule has 0 amide bonds. The minimum absolute atomic E-state index is 0.0562. The maximum absolute atomic E-state index is 6.43. The normalized spacial score (nSPS) is 12.7. The summed E-state index contributed by atoms with van der Waals surface area (Å²) in [5.41, 5.74) is 1.13. The van der Waals surface area contributed by atoms with Gasteiger partial charge in [0.2, 0.25) is 0 Å². The molecule has 0 aliphatic carbocycles. The molecule has 1 aromatic carbocycles. The van der Waals surface area contributed by atoms with Gasteiger partial charge in [-0.3, -0.25) is 0 Å². The van der Waals surface area contributed by atoms with Gasteiger partial charge in [-0.2, -0.15) is 0 Å². The molecule has 1 unspecified atom stereocenters. The van der Waals surface area contributed by atoms with Crippen molar-refractivity contribution in [3.8, 4) is 0 Å². The van der Waals surface area contributed by atoms with E-state index in [1.807, 2.05) is 18.2 Å². The van der Waals surface area contributed by atoms with Gasteiger partial charge >= 0.3 is 0 Å². The van der Waals surface area contributed by atoms with Crippen molar-refractivity contribution in [2.75, 3.05) is 0 Å². The molecule has 0 aliphatic heterocycles. The maximum atomic E-state index is 6.43. The topological polar surface area (TPSA) is 0 Å². The van der Waals surface area contributed by atoms with Gasteiger partial charge in [-0.25, -0.2) is 0 Å². The van der Waals surface area contributed by atoms with Crippen molar-refractivity contribution < 1.29 is 0 Å². The fraction of sp³-hybridized carbons (Fsp3) is 0.167. The highest BCUT2D eigenvalue weighted by Gasteiger charge is 2.14. The van der Waals surface area contributed by atoms with Gasteiger partial charge in [0, 0.05) is 14.2 Å². The second-order valence-corrected chi connectivity index (χ2v) is 5.94. The van der Waals surface area contributed by atoms with Crippen molar-refractivity contribution in [1.82, 2.24) is 0 Å². The molecule has 15 heavy (non-hydrogen) atoms. The SMILES string of the molecule is Cc1ccc(C(Cl)c2ccccc2Br)s1. The number of benzene rings is 1. The van der Waals surface area contributed by atoms with Gasteiger partial charge in [-0.05, 0) is 30.7 Å². The number of aryl methyl sites for hydroxylation is 1. The second-order valence-electron chi connectivity index (χ2n) is 3.33. The first kappa shape index (κ1) is 11.2. The standard InChI is InChI=1S/C12H10BrClS/c1-8-6-7-11(15-8)12(14)9-4-2-3-5-10(9)13/h2-7,12H,1H3. The molecule has 1 atom stereocenters. The van der Waals surface area contributed by atoms with E-state index in [4.69, 9.17) is 11.6 Å². The summed E-state index contributed by atoms with van der Waals surface area (Å²) >= 11 is 11.7. The van der Waals surface area contributed by atoms with Crippen molar-refractivity contribution in [1.29, 1.82) is 0 Å². The molecule has 0 saturated heterocycles. The molecule has 0 saturated carbocycles. The third-order valence-electron chi connectivity index (χ3n) is 2.19. The number of thiophene rings is 1. The van der Waals surface area contributed by atoms with Crippen molar-refractivity contribution >= 4 is 38.9 Å². The van der Waals surface area contributed by atoms with Crippen LogP contribution in [0.2, 0.25) is 0 Å². The maximum Gasteiger partial charge on any atom is 0.0938 e. The first-order valence-electron chi connectivity index (χ1n) is 4.63. The lowest BCUT2D eigenvalue weighted by molar-refractivity contribution is 1.17. The third-order valence-corrected chi connectivity index (χ3v) is 4.58. The summed E-state index contributed by atoms with van der Waals surface area (Å²) in [6.45, 7) is 2.10. The Balaban J connectivity index is 2.36. The number of rotatable bonds is 2. The second kappa shape index (κ2) is 4.69. The van der Waals surface area contributed by atoms with Crippen LogP contribution in [0.25, 0.3) is 0 Å². The van der Waals surface area contributed by atoms with E-state index < -0.39 is 0 Å². The van der Waals surface area contributed by atoms with E-state index in [2.05, 4.69) is 41.1 Å². The zero-order valence-corrected chi connectivity index (χ0v) is 11.4. The molecule has 1 aromatic heterocycles. The lowest BCUT2D eigenvalue weighted by atomic mass is 10.1. The Hall–Kier alpha value is -0.310. The minimum Gasteiger partial charge on any atom is -0.144 e. The number of hydrogen-bond acceptors (Lipinski definition) is 1. The minimum atomic E-state index is -0.0562. The molecule has 0 bridgehead atoms. The van der Waals surface area contributed by atoms with Gasteiger partial charge in [0.15, 0.2) is 0 Å². The zero-order chi connectivity index (χ0) is 10.8. The molecule has 1 heterocycles. The summed E-state index contributed by atoms with van der Waals surface area (Å²) in [4.78, 5) is 2.49. The molecule has 0 N–H and O–H groups in total. The highest BCUT2D eigenvalue weighted by atomic mass is 79.9. The summed E-state index contributed by atoms with van der Waals surface area (Å²) in [6, 6.07) is 12.3. The Kier molecular flexibility index (Phi) is 3.49. The molecular weight excluding hydrogens is 292 g/mol. The summed E-state index contributed by atoms with van der Waals surface area (Å²) in [5.74, 6) is 0. The largest absolute Gasteiger partial charge is 0.144 e. The van der Waals surface area contributed by atoms with E-state index in [0.29, 0.717) is 0 Å². The predicted molar refractivity (Wildman–Crippen MR) is 70.9 cm³/mol. The lowest BCUT2D eigenvalue weighted by Gasteiger charge is -2.09. The van der Waals surface area contributed by atoms with Gasteiger partial charge in [-0.1, -0.05) is 34.1 Å². The van der Waals surface area contributed by atoms with Gasteiger partial charge in [0.25, 0.3) is 0 Å². The van der Waals surface area contributed by atoms with Gasteiger partial charge in [0.05, 0.1) is 5.38 Å². The summed E-state index contributed by atoms with van der Waals surface area (Å²) in [7, 11) is 0. The lowest BCUT2D eigenvalue weighted by Crippen LogP contribution is -1.90. The van der Waals surface area contributed by atoms with Gasteiger partial charge in [-0.15, -0.1) is 22.9 Å². The Bertz CT molecular complexity index is 464. The molecule has 0 aliphatic rings. The summed E-state index contributed by atoms with van der Waals surface area (Å²) in [5, 5.41) is -0.0562. The smallest absolute Gasteiger partial charge is 0.0938 e. The zero-order valence-electron chi connectivity index (χ0n) is 8.21.